The van der Waals surface area contributed by atoms with Gasteiger partial charge in [0.25, 0.3) is 5.91 Å². The van der Waals surface area contributed by atoms with Crippen molar-refractivity contribution in [3.8, 4) is 17.6 Å². The summed E-state index contributed by atoms with van der Waals surface area (Å²) in [6.45, 7) is 1.59. The molecule has 1 amide bonds. The molecule has 6 heteroatoms. The third-order valence-electron chi connectivity index (χ3n) is 3.11. The minimum atomic E-state index is -0.727. The molecule has 2 N–H and O–H groups in total. The molecule has 0 saturated carbocycles. The Morgan fingerprint density at radius 1 is 1.26 bits per heavy atom. The van der Waals surface area contributed by atoms with Crippen molar-refractivity contribution in [1.29, 1.82) is 5.26 Å². The Hall–Kier alpha value is -3.07. The second-order valence-electron chi connectivity index (χ2n) is 4.84. The third kappa shape index (κ3) is 4.45. The Labute approximate surface area is 133 Å². The monoisotopic (exact) mass is 314 g/mol. The third-order valence-corrected chi connectivity index (χ3v) is 3.11. The first kappa shape index (κ1) is 16.3. The summed E-state index contributed by atoms with van der Waals surface area (Å²) in [4.78, 5) is 10.9. The summed E-state index contributed by atoms with van der Waals surface area (Å²) >= 11 is 0. The molecule has 2 rings (SSSR count). The first-order chi connectivity index (χ1) is 11.0. The quantitative estimate of drug-likeness (QED) is 0.888. The van der Waals surface area contributed by atoms with Crippen LogP contribution in [0, 0.1) is 17.1 Å². The molecule has 0 saturated heterocycles. The van der Waals surface area contributed by atoms with Crippen molar-refractivity contribution in [2.24, 2.45) is 5.73 Å². The van der Waals surface area contributed by atoms with Gasteiger partial charge < -0.3 is 15.2 Å². The number of amides is 1. The highest BCUT2D eigenvalue weighted by Gasteiger charge is 2.10. The van der Waals surface area contributed by atoms with E-state index < -0.39 is 17.8 Å². The molecule has 0 fully saturated rings. The summed E-state index contributed by atoms with van der Waals surface area (Å²) in [5, 5.41) is 8.69. The largest absolute Gasteiger partial charge is 0.489 e. The van der Waals surface area contributed by atoms with E-state index in [0.717, 1.165) is 0 Å². The number of hydrogen-bond acceptors (Lipinski definition) is 4. The van der Waals surface area contributed by atoms with Crippen molar-refractivity contribution in [3.05, 3.63) is 59.4 Å². The van der Waals surface area contributed by atoms with Gasteiger partial charge in [-0.2, -0.15) is 5.26 Å². The maximum Gasteiger partial charge on any atom is 0.258 e. The van der Waals surface area contributed by atoms with E-state index in [0.29, 0.717) is 17.1 Å². The van der Waals surface area contributed by atoms with Crippen molar-refractivity contribution in [3.63, 3.8) is 0 Å². The van der Waals surface area contributed by atoms with Gasteiger partial charge in [-0.1, -0.05) is 6.07 Å². The van der Waals surface area contributed by atoms with Gasteiger partial charge in [0.05, 0.1) is 11.6 Å². The van der Waals surface area contributed by atoms with Crippen LogP contribution in [0.5, 0.6) is 11.5 Å². The van der Waals surface area contributed by atoms with Crippen molar-refractivity contribution < 1.29 is 18.7 Å². The van der Waals surface area contributed by atoms with Crippen molar-refractivity contribution in [2.75, 3.05) is 0 Å². The molecular formula is C17H15FN2O3. The molecule has 0 aliphatic carbocycles. The summed E-state index contributed by atoms with van der Waals surface area (Å²) in [5.41, 5.74) is 5.73. The Bertz CT molecular complexity index is 738. The van der Waals surface area contributed by atoms with Gasteiger partial charge in [-0.3, -0.25) is 4.79 Å². The van der Waals surface area contributed by atoms with Crippen LogP contribution in [0.1, 0.15) is 18.1 Å². The molecule has 0 aromatic heterocycles. The van der Waals surface area contributed by atoms with Gasteiger partial charge in [0, 0.05) is 5.56 Å². The smallest absolute Gasteiger partial charge is 0.258 e. The van der Waals surface area contributed by atoms with Gasteiger partial charge in [-0.15, -0.1) is 0 Å². The first-order valence-electron chi connectivity index (χ1n) is 6.87. The number of nitriles is 1. The molecule has 2 aromatic carbocycles. The van der Waals surface area contributed by atoms with Crippen LogP contribution in [0.4, 0.5) is 4.39 Å². The van der Waals surface area contributed by atoms with Gasteiger partial charge >= 0.3 is 0 Å². The lowest BCUT2D eigenvalue weighted by Crippen LogP contribution is -2.30. The van der Waals surface area contributed by atoms with Crippen LogP contribution in [-0.4, -0.2) is 12.0 Å². The number of carbonyl (C=O) groups is 1. The first-order valence-corrected chi connectivity index (χ1v) is 6.87. The van der Waals surface area contributed by atoms with E-state index >= 15 is 0 Å². The lowest BCUT2D eigenvalue weighted by atomic mass is 10.1. The highest BCUT2D eigenvalue weighted by molar-refractivity contribution is 5.78. The van der Waals surface area contributed by atoms with Gasteiger partial charge in [0.1, 0.15) is 23.9 Å². The predicted octanol–water partition coefficient (Wildman–Crippen LogP) is 2.53. The van der Waals surface area contributed by atoms with Crippen molar-refractivity contribution >= 4 is 5.91 Å². The molecule has 2 aromatic rings. The fourth-order valence-electron chi connectivity index (χ4n) is 1.77. The molecule has 0 unspecified atom stereocenters. The Kier molecular flexibility index (Phi) is 5.15. The molecule has 0 spiro atoms. The molecule has 1 atom stereocenters. The van der Waals surface area contributed by atoms with Gasteiger partial charge in [-0.05, 0) is 43.3 Å². The lowest BCUT2D eigenvalue weighted by molar-refractivity contribution is -0.123. The maximum absolute atomic E-state index is 13.7. The molecule has 5 nitrogen and oxygen atoms in total. The molecule has 0 bridgehead atoms. The second-order valence-corrected chi connectivity index (χ2v) is 4.84. The average Bonchev–Trinajstić information content (AvgIpc) is 2.54. The molecule has 0 aliphatic heterocycles. The minimum absolute atomic E-state index is 0.0371. The Balaban J connectivity index is 1.96. The van der Waals surface area contributed by atoms with Gasteiger partial charge in [0.15, 0.2) is 6.10 Å². The average molecular weight is 314 g/mol. The molecule has 118 valence electrons. The number of benzene rings is 2. The summed E-state index contributed by atoms with van der Waals surface area (Å²) in [6.07, 6.45) is -0.727. The molecular weight excluding hydrogens is 299 g/mol. The predicted molar refractivity (Wildman–Crippen MR) is 81.2 cm³/mol. The lowest BCUT2D eigenvalue weighted by Gasteiger charge is -2.12. The van der Waals surface area contributed by atoms with Crippen LogP contribution in [0.3, 0.4) is 0 Å². The number of rotatable bonds is 6. The van der Waals surface area contributed by atoms with E-state index in [-0.39, 0.29) is 12.2 Å². The van der Waals surface area contributed by atoms with E-state index in [1.165, 1.54) is 18.2 Å². The van der Waals surface area contributed by atoms with Gasteiger partial charge in [0.2, 0.25) is 0 Å². The van der Waals surface area contributed by atoms with E-state index in [4.69, 9.17) is 20.5 Å². The molecule has 0 aliphatic rings. The Morgan fingerprint density at radius 3 is 2.48 bits per heavy atom. The second kappa shape index (κ2) is 7.27. The fraction of sp³-hybridized carbons (Fsp3) is 0.176. The van der Waals surface area contributed by atoms with Crippen LogP contribution in [0.15, 0.2) is 42.5 Å². The fourth-order valence-corrected chi connectivity index (χ4v) is 1.77. The summed E-state index contributed by atoms with van der Waals surface area (Å²) in [6, 6.07) is 12.6. The highest BCUT2D eigenvalue weighted by atomic mass is 19.1. The standard InChI is InChI=1S/C17H15FN2O3/c1-11(17(20)21)23-15-6-4-14(5-7-15)22-10-13-3-2-12(9-19)8-16(13)18/h2-8,11H,10H2,1H3,(H2,20,21)/t11-/m0/s1. The maximum atomic E-state index is 13.7. The van der Waals surface area contributed by atoms with Crippen LogP contribution >= 0.6 is 0 Å². The van der Waals surface area contributed by atoms with E-state index in [1.807, 2.05) is 6.07 Å². The molecule has 23 heavy (non-hydrogen) atoms. The highest BCUT2D eigenvalue weighted by Crippen LogP contribution is 2.20. The number of nitrogens with two attached hydrogens (primary N) is 1. The Morgan fingerprint density at radius 2 is 1.91 bits per heavy atom. The van der Waals surface area contributed by atoms with Crippen molar-refractivity contribution in [2.45, 2.75) is 19.6 Å². The van der Waals surface area contributed by atoms with Crippen LogP contribution in [-0.2, 0) is 11.4 Å². The summed E-state index contributed by atoms with van der Waals surface area (Å²) < 4.78 is 24.5. The number of carbonyl (C=O) groups excluding carboxylic acids is 1. The van der Waals surface area contributed by atoms with E-state index in [1.54, 1.807) is 31.2 Å². The number of ether oxygens (including phenoxy) is 2. The molecule has 0 heterocycles. The SMILES string of the molecule is C[C@H](Oc1ccc(OCc2ccc(C#N)cc2F)cc1)C(N)=O. The van der Waals surface area contributed by atoms with Crippen LogP contribution < -0.4 is 15.2 Å². The summed E-state index contributed by atoms with van der Waals surface area (Å²) in [7, 11) is 0. The van der Waals surface area contributed by atoms with E-state index in [2.05, 4.69) is 0 Å². The van der Waals surface area contributed by atoms with Crippen molar-refractivity contribution in [1.82, 2.24) is 0 Å². The van der Waals surface area contributed by atoms with E-state index in [9.17, 15) is 9.18 Å². The van der Waals surface area contributed by atoms with Crippen LogP contribution in [0.25, 0.3) is 0 Å². The number of primary amides is 1. The zero-order valence-electron chi connectivity index (χ0n) is 12.5. The number of hydrogen-bond donors (Lipinski definition) is 1. The molecule has 0 radical (unpaired) electrons. The minimum Gasteiger partial charge on any atom is -0.489 e. The van der Waals surface area contributed by atoms with Gasteiger partial charge in [-0.25, -0.2) is 4.39 Å². The zero-order valence-corrected chi connectivity index (χ0v) is 12.5. The normalized spacial score (nSPS) is 11.3. The number of halogens is 1. The van der Waals surface area contributed by atoms with Crippen LogP contribution in [0.2, 0.25) is 0 Å². The summed E-state index contributed by atoms with van der Waals surface area (Å²) in [5.74, 6) is -0.0399. The number of nitrogens with zero attached hydrogens (tertiary/aromatic N) is 1. The topological polar surface area (TPSA) is 85.3 Å². The zero-order chi connectivity index (χ0) is 16.8.